The second-order valence-electron chi connectivity index (χ2n) is 4.37. The van der Waals surface area contributed by atoms with Gasteiger partial charge in [-0.05, 0) is 30.2 Å². The number of aliphatic carboxylic acids is 1. The van der Waals surface area contributed by atoms with Gasteiger partial charge in [0.1, 0.15) is 5.54 Å². The van der Waals surface area contributed by atoms with E-state index in [1.165, 1.54) is 6.92 Å². The largest absolute Gasteiger partial charge is 0.480 e. The van der Waals surface area contributed by atoms with E-state index >= 15 is 0 Å². The number of alkyl halides is 1. The van der Waals surface area contributed by atoms with Crippen molar-refractivity contribution in [1.82, 2.24) is 0 Å². The SMILES string of the molecule is C[C@](N)(Cc1cc(Br)c(CCF)cc1Br)C(=O)O. The van der Waals surface area contributed by atoms with Crippen molar-refractivity contribution < 1.29 is 14.3 Å². The van der Waals surface area contributed by atoms with Crippen LogP contribution in [-0.2, 0) is 17.6 Å². The van der Waals surface area contributed by atoms with Gasteiger partial charge in [-0.1, -0.05) is 31.9 Å². The molecule has 1 aromatic carbocycles. The Labute approximate surface area is 122 Å². The van der Waals surface area contributed by atoms with Crippen LogP contribution in [0.15, 0.2) is 21.1 Å². The van der Waals surface area contributed by atoms with Crippen LogP contribution in [0.5, 0.6) is 0 Å². The lowest BCUT2D eigenvalue weighted by Gasteiger charge is -2.20. The van der Waals surface area contributed by atoms with E-state index in [1.54, 1.807) is 12.1 Å². The van der Waals surface area contributed by atoms with Crippen molar-refractivity contribution in [2.45, 2.75) is 25.3 Å². The number of nitrogens with two attached hydrogens (primary N) is 1. The monoisotopic (exact) mass is 381 g/mol. The summed E-state index contributed by atoms with van der Waals surface area (Å²) < 4.78 is 13.8. The highest BCUT2D eigenvalue weighted by atomic mass is 79.9. The minimum Gasteiger partial charge on any atom is -0.480 e. The van der Waals surface area contributed by atoms with Crippen LogP contribution in [0, 0.1) is 0 Å². The maximum absolute atomic E-state index is 12.3. The second-order valence-corrected chi connectivity index (χ2v) is 6.08. The van der Waals surface area contributed by atoms with E-state index in [4.69, 9.17) is 10.8 Å². The Balaban J connectivity index is 3.05. The first kappa shape index (κ1) is 15.6. The number of hydrogen-bond acceptors (Lipinski definition) is 2. The molecule has 18 heavy (non-hydrogen) atoms. The fourth-order valence-electron chi connectivity index (χ4n) is 1.53. The lowest BCUT2D eigenvalue weighted by atomic mass is 9.93. The lowest BCUT2D eigenvalue weighted by molar-refractivity contribution is -0.142. The topological polar surface area (TPSA) is 63.3 Å². The summed E-state index contributed by atoms with van der Waals surface area (Å²) in [6.45, 7) is 1.03. The molecule has 3 nitrogen and oxygen atoms in total. The summed E-state index contributed by atoms with van der Waals surface area (Å²) in [6.07, 6.45) is 0.510. The van der Waals surface area contributed by atoms with Crippen LogP contribution in [0.2, 0.25) is 0 Å². The van der Waals surface area contributed by atoms with E-state index in [-0.39, 0.29) is 6.42 Å². The maximum Gasteiger partial charge on any atom is 0.323 e. The maximum atomic E-state index is 12.3. The zero-order valence-corrected chi connectivity index (χ0v) is 13.0. The van der Waals surface area contributed by atoms with Crippen molar-refractivity contribution >= 4 is 37.8 Å². The highest BCUT2D eigenvalue weighted by molar-refractivity contribution is 9.11. The van der Waals surface area contributed by atoms with Gasteiger partial charge in [0.2, 0.25) is 0 Å². The molecule has 0 saturated carbocycles. The summed E-state index contributed by atoms with van der Waals surface area (Å²) in [4.78, 5) is 11.0. The van der Waals surface area contributed by atoms with Gasteiger partial charge < -0.3 is 10.8 Å². The molecular formula is C12H14Br2FNO2. The molecule has 0 aromatic heterocycles. The number of halogens is 3. The number of carboxylic acids is 1. The molecule has 1 rings (SSSR count). The molecule has 0 aliphatic carbocycles. The van der Waals surface area contributed by atoms with Crippen LogP contribution in [0.25, 0.3) is 0 Å². The molecular weight excluding hydrogens is 369 g/mol. The van der Waals surface area contributed by atoms with Crippen LogP contribution in [0.1, 0.15) is 18.1 Å². The summed E-state index contributed by atoms with van der Waals surface area (Å²) in [5.41, 5.74) is 5.99. The summed E-state index contributed by atoms with van der Waals surface area (Å²) in [5.74, 6) is -1.06. The van der Waals surface area contributed by atoms with E-state index in [1.807, 2.05) is 0 Å². The number of benzene rings is 1. The molecule has 0 radical (unpaired) electrons. The third-order valence-electron chi connectivity index (χ3n) is 2.63. The van der Waals surface area contributed by atoms with Gasteiger partial charge in [0.25, 0.3) is 0 Å². The van der Waals surface area contributed by atoms with Gasteiger partial charge >= 0.3 is 5.97 Å². The zero-order valence-electron chi connectivity index (χ0n) is 9.84. The molecule has 0 amide bonds. The Hall–Kier alpha value is -0.460. The van der Waals surface area contributed by atoms with E-state index in [0.717, 1.165) is 20.1 Å². The number of rotatable bonds is 5. The van der Waals surface area contributed by atoms with Crippen molar-refractivity contribution in [2.24, 2.45) is 5.73 Å². The van der Waals surface area contributed by atoms with Crippen molar-refractivity contribution in [3.05, 3.63) is 32.2 Å². The minimum atomic E-state index is -1.33. The second kappa shape index (κ2) is 6.12. The Morgan fingerprint density at radius 1 is 1.39 bits per heavy atom. The van der Waals surface area contributed by atoms with Gasteiger partial charge in [-0.2, -0.15) is 0 Å². The highest BCUT2D eigenvalue weighted by Gasteiger charge is 2.29. The van der Waals surface area contributed by atoms with Crippen molar-refractivity contribution in [3.63, 3.8) is 0 Å². The minimum absolute atomic E-state index is 0.192. The molecule has 0 aliphatic rings. The summed E-state index contributed by atoms with van der Waals surface area (Å²) in [7, 11) is 0. The van der Waals surface area contributed by atoms with E-state index in [2.05, 4.69) is 31.9 Å². The van der Waals surface area contributed by atoms with Crippen LogP contribution >= 0.6 is 31.9 Å². The molecule has 0 heterocycles. The van der Waals surface area contributed by atoms with Gasteiger partial charge in [0.15, 0.2) is 0 Å². The van der Waals surface area contributed by atoms with E-state index < -0.39 is 18.2 Å². The Kier molecular flexibility index (Phi) is 5.31. The molecule has 0 bridgehead atoms. The first-order chi connectivity index (χ1) is 8.27. The standard InChI is InChI=1S/C12H14Br2FNO2/c1-12(16,11(17)18)6-8-5-9(13)7(2-3-15)4-10(8)14/h4-5H,2-3,6,16H2,1H3,(H,17,18)/t12-/m0/s1. The summed E-state index contributed by atoms with van der Waals surface area (Å²) >= 11 is 6.71. The first-order valence-corrected chi connectivity index (χ1v) is 6.91. The van der Waals surface area contributed by atoms with Gasteiger partial charge in [-0.3, -0.25) is 9.18 Å². The van der Waals surface area contributed by atoms with Crippen molar-refractivity contribution in [3.8, 4) is 0 Å². The van der Waals surface area contributed by atoms with Crippen LogP contribution in [-0.4, -0.2) is 23.3 Å². The fourth-order valence-corrected chi connectivity index (χ4v) is 2.65. The van der Waals surface area contributed by atoms with Gasteiger partial charge in [0, 0.05) is 21.8 Å². The third kappa shape index (κ3) is 3.76. The highest BCUT2D eigenvalue weighted by Crippen LogP contribution is 2.28. The smallest absolute Gasteiger partial charge is 0.323 e. The summed E-state index contributed by atoms with van der Waals surface area (Å²) in [5, 5.41) is 9.00. The number of hydrogen-bond donors (Lipinski definition) is 2. The first-order valence-electron chi connectivity index (χ1n) is 5.33. The molecule has 6 heteroatoms. The predicted octanol–water partition coefficient (Wildman–Crippen LogP) is 3.07. The Bertz CT molecular complexity index is 464. The molecule has 1 atom stereocenters. The predicted molar refractivity (Wildman–Crippen MR) is 75.5 cm³/mol. The number of aryl methyl sites for hydroxylation is 1. The van der Waals surface area contributed by atoms with Crippen molar-refractivity contribution in [1.29, 1.82) is 0 Å². The molecule has 0 aliphatic heterocycles. The molecule has 3 N–H and O–H groups in total. The van der Waals surface area contributed by atoms with Crippen LogP contribution < -0.4 is 5.73 Å². The lowest BCUT2D eigenvalue weighted by Crippen LogP contribution is -2.46. The van der Waals surface area contributed by atoms with Gasteiger partial charge in [0.05, 0.1) is 6.67 Å². The average molecular weight is 383 g/mol. The molecule has 0 unspecified atom stereocenters. The quantitative estimate of drug-likeness (QED) is 0.822. The molecule has 100 valence electrons. The van der Waals surface area contributed by atoms with Gasteiger partial charge in [-0.15, -0.1) is 0 Å². The number of carbonyl (C=O) groups is 1. The third-order valence-corrected chi connectivity index (χ3v) is 4.10. The number of carboxylic acid groups (broad SMARTS) is 1. The fraction of sp³-hybridized carbons (Fsp3) is 0.417. The van der Waals surface area contributed by atoms with Gasteiger partial charge in [-0.25, -0.2) is 0 Å². The van der Waals surface area contributed by atoms with E-state index in [0.29, 0.717) is 6.42 Å². The molecule has 1 aromatic rings. The summed E-state index contributed by atoms with van der Waals surface area (Å²) in [6, 6.07) is 3.57. The molecule has 0 saturated heterocycles. The Morgan fingerprint density at radius 3 is 2.39 bits per heavy atom. The molecule has 0 spiro atoms. The average Bonchev–Trinajstić information content (AvgIpc) is 2.25. The zero-order chi connectivity index (χ0) is 13.9. The van der Waals surface area contributed by atoms with Crippen LogP contribution in [0.3, 0.4) is 0 Å². The van der Waals surface area contributed by atoms with E-state index in [9.17, 15) is 9.18 Å². The Morgan fingerprint density at radius 2 is 1.89 bits per heavy atom. The normalized spacial score (nSPS) is 14.3. The van der Waals surface area contributed by atoms with Crippen LogP contribution in [0.4, 0.5) is 4.39 Å². The molecule has 0 fully saturated rings. The van der Waals surface area contributed by atoms with Crippen molar-refractivity contribution in [2.75, 3.05) is 6.67 Å².